The van der Waals surface area contributed by atoms with Crippen molar-refractivity contribution in [1.29, 1.82) is 0 Å². The van der Waals surface area contributed by atoms with Crippen LogP contribution < -0.4 is 10.1 Å². The van der Waals surface area contributed by atoms with Gasteiger partial charge in [-0.3, -0.25) is 0 Å². The summed E-state index contributed by atoms with van der Waals surface area (Å²) in [5.74, 6) is 1.26. The SMILES string of the molecule is CCNCc1cccc(Cl)c1Oc1ccccc1CO. The van der Waals surface area contributed by atoms with Gasteiger partial charge >= 0.3 is 0 Å². The van der Waals surface area contributed by atoms with Crippen molar-refractivity contribution in [2.24, 2.45) is 0 Å². The van der Waals surface area contributed by atoms with Gasteiger partial charge in [-0.2, -0.15) is 0 Å². The average Bonchev–Trinajstić information content (AvgIpc) is 2.48. The average molecular weight is 292 g/mol. The lowest BCUT2D eigenvalue weighted by molar-refractivity contribution is 0.276. The largest absolute Gasteiger partial charge is 0.455 e. The summed E-state index contributed by atoms with van der Waals surface area (Å²) in [5, 5.41) is 13.2. The van der Waals surface area contributed by atoms with Crippen LogP contribution >= 0.6 is 11.6 Å². The maximum absolute atomic E-state index is 9.35. The number of para-hydroxylation sites is 2. The van der Waals surface area contributed by atoms with Gasteiger partial charge in [-0.25, -0.2) is 0 Å². The Bertz CT molecular complexity index is 572. The van der Waals surface area contributed by atoms with E-state index in [1.165, 1.54) is 0 Å². The summed E-state index contributed by atoms with van der Waals surface area (Å²) in [6.07, 6.45) is 0. The molecule has 20 heavy (non-hydrogen) atoms. The Kier molecular flexibility index (Phi) is 5.41. The highest BCUT2D eigenvalue weighted by atomic mass is 35.5. The van der Waals surface area contributed by atoms with E-state index in [0.29, 0.717) is 23.1 Å². The second kappa shape index (κ2) is 7.29. The van der Waals surface area contributed by atoms with Gasteiger partial charge in [0, 0.05) is 17.7 Å². The van der Waals surface area contributed by atoms with E-state index in [1.807, 2.05) is 43.3 Å². The molecule has 0 aliphatic carbocycles. The Morgan fingerprint density at radius 2 is 1.85 bits per heavy atom. The monoisotopic (exact) mass is 291 g/mol. The maximum atomic E-state index is 9.35. The van der Waals surface area contributed by atoms with E-state index in [9.17, 15) is 5.11 Å². The van der Waals surface area contributed by atoms with Crippen molar-refractivity contribution in [3.8, 4) is 11.5 Å². The fourth-order valence-corrected chi connectivity index (χ4v) is 2.14. The molecule has 2 aromatic carbocycles. The molecule has 0 aliphatic heterocycles. The molecule has 0 saturated carbocycles. The highest BCUT2D eigenvalue weighted by molar-refractivity contribution is 6.32. The molecule has 0 fully saturated rings. The van der Waals surface area contributed by atoms with Gasteiger partial charge in [-0.05, 0) is 18.7 Å². The summed E-state index contributed by atoms with van der Waals surface area (Å²) in [6.45, 7) is 3.54. The standard InChI is InChI=1S/C16H18ClNO2/c1-2-18-10-12-7-5-8-14(17)16(12)20-15-9-4-3-6-13(15)11-19/h3-9,18-19H,2,10-11H2,1H3. The van der Waals surface area contributed by atoms with Crippen LogP contribution in [0.25, 0.3) is 0 Å². The molecule has 0 spiro atoms. The highest BCUT2D eigenvalue weighted by Gasteiger charge is 2.11. The second-order valence-corrected chi connectivity index (χ2v) is 4.78. The first-order valence-corrected chi connectivity index (χ1v) is 6.98. The lowest BCUT2D eigenvalue weighted by Gasteiger charge is -2.15. The van der Waals surface area contributed by atoms with Crippen molar-refractivity contribution >= 4 is 11.6 Å². The molecule has 0 aliphatic rings. The number of nitrogens with one attached hydrogen (secondary N) is 1. The zero-order valence-corrected chi connectivity index (χ0v) is 12.2. The van der Waals surface area contributed by atoms with E-state index in [-0.39, 0.29) is 6.61 Å². The van der Waals surface area contributed by atoms with Crippen LogP contribution in [-0.4, -0.2) is 11.7 Å². The predicted octanol–water partition coefficient (Wildman–Crippen LogP) is 3.73. The third-order valence-corrected chi connectivity index (χ3v) is 3.27. The van der Waals surface area contributed by atoms with E-state index >= 15 is 0 Å². The molecule has 2 aromatic rings. The Labute approximate surface area is 124 Å². The van der Waals surface area contributed by atoms with E-state index < -0.39 is 0 Å². The number of halogens is 1. The van der Waals surface area contributed by atoms with Crippen LogP contribution in [0.15, 0.2) is 42.5 Å². The quantitative estimate of drug-likeness (QED) is 0.852. The van der Waals surface area contributed by atoms with Crippen LogP contribution in [0.1, 0.15) is 18.1 Å². The third-order valence-electron chi connectivity index (χ3n) is 2.97. The lowest BCUT2D eigenvalue weighted by Crippen LogP contribution is -2.12. The van der Waals surface area contributed by atoms with Crippen LogP contribution in [0.2, 0.25) is 5.02 Å². The van der Waals surface area contributed by atoms with Crippen LogP contribution in [0.5, 0.6) is 11.5 Å². The van der Waals surface area contributed by atoms with Crippen molar-refractivity contribution in [1.82, 2.24) is 5.32 Å². The first-order chi connectivity index (χ1) is 9.76. The fraction of sp³-hybridized carbons (Fsp3) is 0.250. The van der Waals surface area contributed by atoms with Crippen LogP contribution in [0, 0.1) is 0 Å². The van der Waals surface area contributed by atoms with Gasteiger partial charge in [0.15, 0.2) is 5.75 Å². The minimum atomic E-state index is -0.0663. The van der Waals surface area contributed by atoms with Gasteiger partial charge < -0.3 is 15.2 Å². The van der Waals surface area contributed by atoms with E-state index in [4.69, 9.17) is 16.3 Å². The molecule has 2 rings (SSSR count). The van der Waals surface area contributed by atoms with Crippen molar-refractivity contribution in [3.63, 3.8) is 0 Å². The Morgan fingerprint density at radius 3 is 2.60 bits per heavy atom. The zero-order chi connectivity index (χ0) is 14.4. The zero-order valence-electron chi connectivity index (χ0n) is 11.4. The van der Waals surface area contributed by atoms with Crippen molar-refractivity contribution < 1.29 is 9.84 Å². The lowest BCUT2D eigenvalue weighted by atomic mass is 10.2. The van der Waals surface area contributed by atoms with E-state index in [2.05, 4.69) is 5.32 Å². The topological polar surface area (TPSA) is 41.5 Å². The highest BCUT2D eigenvalue weighted by Crippen LogP contribution is 2.34. The van der Waals surface area contributed by atoms with Crippen molar-refractivity contribution in [3.05, 3.63) is 58.6 Å². The minimum Gasteiger partial charge on any atom is -0.455 e. The van der Waals surface area contributed by atoms with Crippen molar-refractivity contribution in [2.75, 3.05) is 6.54 Å². The molecule has 4 heteroatoms. The molecule has 0 radical (unpaired) electrons. The Hall–Kier alpha value is -1.55. The molecule has 0 amide bonds. The number of hydrogen-bond donors (Lipinski definition) is 2. The fourth-order valence-electron chi connectivity index (χ4n) is 1.91. The number of benzene rings is 2. The molecule has 2 N–H and O–H groups in total. The number of aliphatic hydroxyl groups is 1. The van der Waals surface area contributed by atoms with Crippen molar-refractivity contribution in [2.45, 2.75) is 20.1 Å². The summed E-state index contributed by atoms with van der Waals surface area (Å²) in [5.41, 5.74) is 1.73. The minimum absolute atomic E-state index is 0.0663. The molecule has 3 nitrogen and oxygen atoms in total. The van der Waals surface area contributed by atoms with Crippen LogP contribution in [0.4, 0.5) is 0 Å². The predicted molar refractivity (Wildman–Crippen MR) is 81.3 cm³/mol. The van der Waals surface area contributed by atoms with Gasteiger partial charge in [0.1, 0.15) is 5.75 Å². The summed E-state index contributed by atoms with van der Waals surface area (Å²) in [6, 6.07) is 13.1. The van der Waals surface area contributed by atoms with Gasteiger partial charge in [-0.1, -0.05) is 48.9 Å². The van der Waals surface area contributed by atoms with Gasteiger partial charge in [0.25, 0.3) is 0 Å². The normalized spacial score (nSPS) is 10.6. The smallest absolute Gasteiger partial charge is 0.150 e. The summed E-state index contributed by atoms with van der Waals surface area (Å²) in [4.78, 5) is 0. The molecule has 0 aromatic heterocycles. The molecule has 0 heterocycles. The number of rotatable bonds is 6. The number of hydrogen-bond acceptors (Lipinski definition) is 3. The first-order valence-electron chi connectivity index (χ1n) is 6.61. The van der Waals surface area contributed by atoms with Crippen LogP contribution in [0.3, 0.4) is 0 Å². The maximum Gasteiger partial charge on any atom is 0.150 e. The number of ether oxygens (including phenoxy) is 1. The summed E-state index contributed by atoms with van der Waals surface area (Å²) < 4.78 is 5.93. The molecule has 0 unspecified atom stereocenters. The molecule has 0 saturated heterocycles. The van der Waals surface area contributed by atoms with Gasteiger partial charge in [-0.15, -0.1) is 0 Å². The van der Waals surface area contributed by atoms with Crippen LogP contribution in [-0.2, 0) is 13.2 Å². The molecule has 106 valence electrons. The molecular weight excluding hydrogens is 274 g/mol. The Balaban J connectivity index is 2.32. The second-order valence-electron chi connectivity index (χ2n) is 4.38. The van der Waals surface area contributed by atoms with Gasteiger partial charge in [0.05, 0.1) is 11.6 Å². The summed E-state index contributed by atoms with van der Waals surface area (Å²) in [7, 11) is 0. The first kappa shape index (κ1) is 14.9. The van der Waals surface area contributed by atoms with Gasteiger partial charge in [0.2, 0.25) is 0 Å². The number of aliphatic hydroxyl groups excluding tert-OH is 1. The Morgan fingerprint density at radius 1 is 1.10 bits per heavy atom. The molecule has 0 atom stereocenters. The van der Waals surface area contributed by atoms with E-state index in [0.717, 1.165) is 17.7 Å². The van der Waals surface area contributed by atoms with E-state index in [1.54, 1.807) is 6.07 Å². The molecular formula is C16H18ClNO2. The third kappa shape index (κ3) is 3.51. The summed E-state index contributed by atoms with van der Waals surface area (Å²) >= 11 is 6.24. The molecule has 0 bridgehead atoms.